The number of amides is 1. The summed E-state index contributed by atoms with van der Waals surface area (Å²) in [5.41, 5.74) is 2.19. The average molecular weight is 363 g/mol. The number of nitrogens with one attached hydrogen (secondary N) is 2. The second-order valence-electron chi connectivity index (χ2n) is 6.25. The first-order valence-electron chi connectivity index (χ1n) is 8.30. The van der Waals surface area contributed by atoms with E-state index in [4.69, 9.17) is 0 Å². The van der Waals surface area contributed by atoms with E-state index in [2.05, 4.69) is 25.5 Å². The van der Waals surface area contributed by atoms with Crippen LogP contribution in [0.15, 0.2) is 41.3 Å². The van der Waals surface area contributed by atoms with Crippen LogP contribution in [-0.2, 0) is 7.05 Å². The summed E-state index contributed by atoms with van der Waals surface area (Å²) in [5, 5.41) is 11.6. The molecule has 0 aliphatic rings. The van der Waals surface area contributed by atoms with Gasteiger partial charge in [0.1, 0.15) is 11.2 Å². The van der Waals surface area contributed by atoms with Crippen molar-refractivity contribution < 1.29 is 4.79 Å². The summed E-state index contributed by atoms with van der Waals surface area (Å²) >= 11 is 0. The largest absolute Gasteiger partial charge is 0.306 e. The number of nitrogens with zero attached hydrogens (tertiary/aromatic N) is 5. The van der Waals surface area contributed by atoms with Gasteiger partial charge < -0.3 is 5.32 Å². The predicted octanol–water partition coefficient (Wildman–Crippen LogP) is 1.71. The molecule has 9 heteroatoms. The third-order valence-corrected chi connectivity index (χ3v) is 4.25. The Morgan fingerprint density at radius 2 is 2.00 bits per heavy atom. The summed E-state index contributed by atoms with van der Waals surface area (Å²) < 4.78 is 2.91. The fourth-order valence-corrected chi connectivity index (χ4v) is 2.88. The summed E-state index contributed by atoms with van der Waals surface area (Å²) in [6.45, 7) is 3.66. The van der Waals surface area contributed by atoms with Gasteiger partial charge in [0.15, 0.2) is 5.65 Å². The third kappa shape index (κ3) is 2.88. The maximum Gasteiger partial charge on any atom is 0.263 e. The van der Waals surface area contributed by atoms with Crippen molar-refractivity contribution in [3.05, 3.63) is 63.7 Å². The van der Waals surface area contributed by atoms with Crippen molar-refractivity contribution in [3.63, 3.8) is 0 Å². The number of carbonyl (C=O) groups is 1. The molecular formula is C18H17N7O2. The van der Waals surface area contributed by atoms with Crippen molar-refractivity contribution in [1.82, 2.24) is 29.5 Å². The van der Waals surface area contributed by atoms with Gasteiger partial charge in [-0.2, -0.15) is 19.9 Å². The van der Waals surface area contributed by atoms with E-state index in [-0.39, 0.29) is 17.4 Å². The summed E-state index contributed by atoms with van der Waals surface area (Å²) in [7, 11) is 1.70. The Morgan fingerprint density at radius 1 is 1.22 bits per heavy atom. The minimum absolute atomic E-state index is 0.198. The highest BCUT2D eigenvalue weighted by atomic mass is 16.2. The summed E-state index contributed by atoms with van der Waals surface area (Å²) in [5.74, 6) is 0.341. The van der Waals surface area contributed by atoms with Gasteiger partial charge >= 0.3 is 0 Å². The number of carbonyl (C=O) groups excluding carboxylic acids is 1. The van der Waals surface area contributed by atoms with Crippen LogP contribution in [0.5, 0.6) is 0 Å². The molecule has 0 unspecified atom stereocenters. The first-order chi connectivity index (χ1) is 12.9. The van der Waals surface area contributed by atoms with Gasteiger partial charge in [-0.05, 0) is 25.5 Å². The molecule has 1 amide bonds. The molecule has 0 aliphatic carbocycles. The maximum absolute atomic E-state index is 12.7. The van der Waals surface area contributed by atoms with E-state index in [1.165, 1.54) is 15.6 Å². The Balaban J connectivity index is 1.78. The number of anilines is 1. The molecule has 2 N–H and O–H groups in total. The number of rotatable bonds is 3. The zero-order valence-corrected chi connectivity index (χ0v) is 15.0. The van der Waals surface area contributed by atoms with Crippen LogP contribution in [0.25, 0.3) is 17.0 Å². The highest BCUT2D eigenvalue weighted by molar-refractivity contribution is 6.04. The average Bonchev–Trinajstić information content (AvgIpc) is 3.18. The lowest BCUT2D eigenvalue weighted by Gasteiger charge is -2.09. The fourth-order valence-electron chi connectivity index (χ4n) is 2.88. The van der Waals surface area contributed by atoms with E-state index in [1.807, 2.05) is 19.1 Å². The van der Waals surface area contributed by atoms with Crippen molar-refractivity contribution in [3.8, 4) is 5.95 Å². The van der Waals surface area contributed by atoms with E-state index in [1.54, 1.807) is 32.2 Å². The molecule has 1 aromatic carbocycles. The molecule has 3 aromatic heterocycles. The highest BCUT2D eigenvalue weighted by Gasteiger charge is 2.17. The first-order valence-corrected chi connectivity index (χ1v) is 8.30. The Hall–Kier alpha value is -3.75. The molecule has 0 saturated carbocycles. The zero-order chi connectivity index (χ0) is 19.1. The summed E-state index contributed by atoms with van der Waals surface area (Å²) in [4.78, 5) is 32.1. The van der Waals surface area contributed by atoms with Gasteiger partial charge in [0.25, 0.3) is 11.5 Å². The van der Waals surface area contributed by atoms with Crippen molar-refractivity contribution in [2.45, 2.75) is 13.8 Å². The van der Waals surface area contributed by atoms with Crippen LogP contribution < -0.4 is 10.9 Å². The van der Waals surface area contributed by atoms with E-state index in [9.17, 15) is 9.59 Å². The first kappa shape index (κ1) is 16.7. The molecule has 0 atom stereocenters. The lowest BCUT2D eigenvalue weighted by atomic mass is 10.1. The number of fused-ring (bicyclic) bond motifs is 1. The molecule has 0 spiro atoms. The lowest BCUT2D eigenvalue weighted by Crippen LogP contribution is -2.19. The summed E-state index contributed by atoms with van der Waals surface area (Å²) in [6, 6.07) is 9.01. The van der Waals surface area contributed by atoms with E-state index in [0.29, 0.717) is 28.1 Å². The smallest absolute Gasteiger partial charge is 0.263 e. The third-order valence-electron chi connectivity index (χ3n) is 4.25. The standard InChI is InChI=1S/C18H17N7O2/c1-10-6-4-5-7-12(10)16(26)20-14-8-11(2)23-25(14)18-21-15-13(17(27)22-18)9-19-24(15)3/h4-9H,1-3H3,(H,20,26)(H,21,22,27). The number of aromatic amines is 1. The van der Waals surface area contributed by atoms with Crippen LogP contribution in [0.4, 0.5) is 5.82 Å². The van der Waals surface area contributed by atoms with Gasteiger partial charge in [0, 0.05) is 18.7 Å². The molecule has 4 aromatic rings. The van der Waals surface area contributed by atoms with Crippen molar-refractivity contribution in [2.24, 2.45) is 7.05 Å². The van der Waals surface area contributed by atoms with Crippen LogP contribution in [-0.4, -0.2) is 35.4 Å². The van der Waals surface area contributed by atoms with Gasteiger partial charge in [0.2, 0.25) is 5.95 Å². The Bertz CT molecular complexity index is 1230. The van der Waals surface area contributed by atoms with Crippen molar-refractivity contribution >= 4 is 22.8 Å². The van der Waals surface area contributed by atoms with Gasteiger partial charge in [0.05, 0.1) is 11.9 Å². The minimum atomic E-state index is -0.326. The molecule has 27 heavy (non-hydrogen) atoms. The number of H-pyrrole nitrogens is 1. The molecular weight excluding hydrogens is 346 g/mol. The summed E-state index contributed by atoms with van der Waals surface area (Å²) in [6.07, 6.45) is 1.46. The highest BCUT2D eigenvalue weighted by Crippen LogP contribution is 2.17. The number of benzene rings is 1. The van der Waals surface area contributed by atoms with Crippen molar-refractivity contribution in [1.29, 1.82) is 0 Å². The topological polar surface area (TPSA) is 110 Å². The fraction of sp³-hybridized carbons (Fsp3) is 0.167. The SMILES string of the molecule is Cc1cc(NC(=O)c2ccccc2C)n(-c2nc3c(cnn3C)c(=O)[nH]2)n1. The quantitative estimate of drug-likeness (QED) is 0.576. The second-order valence-corrected chi connectivity index (χ2v) is 6.25. The number of aromatic nitrogens is 6. The van der Waals surface area contributed by atoms with Crippen LogP contribution in [0, 0.1) is 13.8 Å². The van der Waals surface area contributed by atoms with E-state index in [0.717, 1.165) is 5.56 Å². The lowest BCUT2D eigenvalue weighted by molar-refractivity contribution is 0.102. The maximum atomic E-state index is 12.7. The minimum Gasteiger partial charge on any atom is -0.306 e. The predicted molar refractivity (Wildman–Crippen MR) is 100 cm³/mol. The second kappa shape index (κ2) is 6.20. The molecule has 0 saturated heterocycles. The molecule has 9 nitrogen and oxygen atoms in total. The molecule has 4 rings (SSSR count). The zero-order valence-electron chi connectivity index (χ0n) is 15.0. The molecule has 3 heterocycles. The van der Waals surface area contributed by atoms with Gasteiger partial charge in [-0.15, -0.1) is 0 Å². The van der Waals surface area contributed by atoms with Gasteiger partial charge in [-0.25, -0.2) is 0 Å². The monoisotopic (exact) mass is 363 g/mol. The number of aryl methyl sites for hydroxylation is 3. The van der Waals surface area contributed by atoms with Crippen LogP contribution in [0.1, 0.15) is 21.6 Å². The van der Waals surface area contributed by atoms with Crippen LogP contribution in [0.3, 0.4) is 0 Å². The Kier molecular flexibility index (Phi) is 3.84. The normalized spacial score (nSPS) is 11.1. The van der Waals surface area contributed by atoms with Crippen molar-refractivity contribution in [2.75, 3.05) is 5.32 Å². The van der Waals surface area contributed by atoms with E-state index < -0.39 is 0 Å². The van der Waals surface area contributed by atoms with Crippen LogP contribution >= 0.6 is 0 Å². The van der Waals surface area contributed by atoms with Crippen LogP contribution in [0.2, 0.25) is 0 Å². The molecule has 136 valence electrons. The molecule has 0 bridgehead atoms. The number of hydrogen-bond acceptors (Lipinski definition) is 5. The van der Waals surface area contributed by atoms with Gasteiger partial charge in [-0.3, -0.25) is 19.3 Å². The Labute approximate surface area is 153 Å². The van der Waals surface area contributed by atoms with E-state index >= 15 is 0 Å². The Morgan fingerprint density at radius 3 is 2.78 bits per heavy atom. The number of hydrogen-bond donors (Lipinski definition) is 2. The van der Waals surface area contributed by atoms with Gasteiger partial charge in [-0.1, -0.05) is 18.2 Å². The molecule has 0 aliphatic heterocycles. The molecule has 0 fully saturated rings. The molecule has 0 radical (unpaired) electrons.